The molecule has 8 aliphatic rings. The summed E-state index contributed by atoms with van der Waals surface area (Å²) >= 11 is 0. The Morgan fingerprint density at radius 3 is 1.62 bits per heavy atom. The molecule has 0 N–H and O–H groups in total. The number of fused-ring (bicyclic) bond motifs is 2. The Morgan fingerprint density at radius 2 is 1.07 bits per heavy atom. The van der Waals surface area contributed by atoms with Gasteiger partial charge < -0.3 is 50.6 Å². The smallest absolute Gasteiger partial charge is 0.193 e. The lowest BCUT2D eigenvalue weighted by atomic mass is 9.81. The van der Waals surface area contributed by atoms with Crippen LogP contribution in [0.2, 0.25) is 90.7 Å². The third-order valence-electron chi connectivity index (χ3n) is 23.5. The molecule has 8 aliphatic heterocycles. The van der Waals surface area contributed by atoms with Gasteiger partial charge in [0.2, 0.25) is 0 Å². The summed E-state index contributed by atoms with van der Waals surface area (Å²) in [5.74, 6) is 0.0629. The van der Waals surface area contributed by atoms with Gasteiger partial charge in [-0.15, -0.1) is 0 Å². The van der Waals surface area contributed by atoms with Gasteiger partial charge in [0, 0.05) is 45.1 Å². The zero-order valence-electron chi connectivity index (χ0n) is 60.9. The second kappa shape index (κ2) is 28.5. The first-order valence-electron chi connectivity index (χ1n) is 34.2. The summed E-state index contributed by atoms with van der Waals surface area (Å²) in [5.41, 5.74) is 2.13. The van der Waals surface area contributed by atoms with Crippen LogP contribution in [0.3, 0.4) is 0 Å². The third kappa shape index (κ3) is 18.6. The maximum absolute atomic E-state index is 15.4. The topological polar surface area (TPSA) is 136 Å². The molecule has 508 valence electrons. The predicted octanol–water partition coefficient (Wildman–Crippen LogP) is 17.2. The lowest BCUT2D eigenvalue weighted by Crippen LogP contribution is -2.69. The Balaban J connectivity index is 1.45. The number of carbonyl (C=O) groups excluding carboxylic acids is 2. The molecule has 8 bridgehead atoms. The van der Waals surface area contributed by atoms with Crippen LogP contribution in [0.1, 0.15) is 188 Å². The van der Waals surface area contributed by atoms with Gasteiger partial charge in [-0.1, -0.05) is 130 Å². The second-order valence-corrected chi connectivity index (χ2v) is 59.4. The van der Waals surface area contributed by atoms with Crippen molar-refractivity contribution in [3.05, 3.63) is 36.5 Å². The fourth-order valence-corrected chi connectivity index (χ4v) is 18.7. The Morgan fingerprint density at radius 1 is 0.545 bits per heavy atom. The molecule has 88 heavy (non-hydrogen) atoms. The zero-order chi connectivity index (χ0) is 66.5. The lowest BCUT2D eigenvalue weighted by Gasteiger charge is -2.56. The first-order chi connectivity index (χ1) is 40.0. The van der Waals surface area contributed by atoms with Crippen molar-refractivity contribution in [3.63, 3.8) is 0 Å². The Bertz CT molecular complexity index is 2410. The summed E-state index contributed by atoms with van der Waals surface area (Å²) in [6.45, 7) is 68.9. The highest BCUT2D eigenvalue weighted by molar-refractivity contribution is 6.76. The van der Waals surface area contributed by atoms with E-state index in [0.717, 1.165) is 36.8 Å². The number of Topliss-reactive ketones (excluding diaryl/α,β-unsaturated/α-hetero) is 1. The number of carbonyl (C=O) groups is 2. The van der Waals surface area contributed by atoms with E-state index in [1.807, 2.05) is 6.08 Å². The largest absolute Gasteiger partial charge is 0.414 e. The molecule has 5 saturated heterocycles. The monoisotopic (exact) mass is 1320 g/mol. The van der Waals surface area contributed by atoms with E-state index in [4.69, 9.17) is 50.6 Å². The van der Waals surface area contributed by atoms with Gasteiger partial charge in [-0.25, -0.2) is 0 Å². The molecule has 0 aliphatic carbocycles. The summed E-state index contributed by atoms with van der Waals surface area (Å²) in [7, 11) is -10.4. The normalized spacial score (nSPS) is 34.5. The van der Waals surface area contributed by atoms with E-state index in [9.17, 15) is 4.79 Å². The number of ether oxygens (including phenoxy) is 6. The van der Waals surface area contributed by atoms with Gasteiger partial charge in [-0.3, -0.25) is 9.59 Å². The molecular formula is C70H130O13Si5. The van der Waals surface area contributed by atoms with E-state index in [1.165, 1.54) is 0 Å². The first-order valence-corrected chi connectivity index (χ1v) is 48.8. The van der Waals surface area contributed by atoms with E-state index in [-0.39, 0.29) is 110 Å². The molecule has 8 rings (SSSR count). The highest BCUT2D eigenvalue weighted by atomic mass is 28.4. The Hall–Kier alpha value is -0.796. The van der Waals surface area contributed by atoms with Gasteiger partial charge in [0.15, 0.2) is 47.4 Å². The number of ketones is 2. The van der Waals surface area contributed by atoms with Gasteiger partial charge in [0.05, 0.1) is 73.8 Å². The first kappa shape index (κ1) is 76.2. The molecular weight excluding hydrogens is 1190 g/mol. The minimum Gasteiger partial charge on any atom is -0.414 e. The fourth-order valence-electron chi connectivity index (χ4n) is 12.4. The van der Waals surface area contributed by atoms with E-state index in [0.29, 0.717) is 45.1 Å². The van der Waals surface area contributed by atoms with Crippen LogP contribution in [0.25, 0.3) is 0 Å². The van der Waals surface area contributed by atoms with Gasteiger partial charge in [0.25, 0.3) is 0 Å². The molecule has 0 aromatic rings. The second-order valence-electron chi connectivity index (χ2n) is 35.5. The number of allylic oxidation sites excluding steroid dienone is 1. The molecule has 5 fully saturated rings. The molecule has 13 nitrogen and oxygen atoms in total. The van der Waals surface area contributed by atoms with E-state index in [1.54, 1.807) is 13.2 Å². The van der Waals surface area contributed by atoms with Crippen molar-refractivity contribution in [3.8, 4) is 0 Å². The van der Waals surface area contributed by atoms with E-state index < -0.39 is 84.3 Å². The average Bonchev–Trinajstić information content (AvgIpc) is 0.954. The molecule has 0 spiro atoms. The van der Waals surface area contributed by atoms with Crippen LogP contribution in [0.4, 0.5) is 0 Å². The highest BCUT2D eigenvalue weighted by Gasteiger charge is 2.59. The number of hydrogen-bond donors (Lipinski definition) is 0. The van der Waals surface area contributed by atoms with Gasteiger partial charge in [-0.2, -0.15) is 0 Å². The molecule has 0 radical (unpaired) electrons. The predicted molar refractivity (Wildman–Crippen MR) is 371 cm³/mol. The molecule has 0 amide bonds. The summed E-state index contributed by atoms with van der Waals surface area (Å²) in [6.07, 6.45) is 4.93. The number of methoxy groups -OCH3 is 1. The quantitative estimate of drug-likeness (QED) is 0.121. The summed E-state index contributed by atoms with van der Waals surface area (Å²) in [6, 6.07) is 0. The van der Waals surface area contributed by atoms with Crippen LogP contribution >= 0.6 is 0 Å². The SMILES string of the molecule is C=C1C[C@@H]2CCC(=O)/C=C/[C@H](O[Si](C)(C)C(C)(C)C)[C@@H]3O[C@H]4CC[C@H](CC(=O)C[C@@H]5[C@@H](OC)[C@@H](C[C@@H](CO[Si](C)(C)C(C)(C)C)O[Si](C)(C)C(C)(C)C)O[C@H]5C[C@@H]5O[C@@H](CC[C@@H]1O2)C[C@@H](C)C5=C)O[C@@H]4[C@H](O[Si](C)(C)C(C)(C)C)[C@@H]3O[Si](C)(C)C(C)(C)C. The fraction of sp³-hybridized carbons (Fsp3) is 0.886. The summed E-state index contributed by atoms with van der Waals surface area (Å²) in [5, 5.41) is -0.482. The van der Waals surface area contributed by atoms with Crippen LogP contribution in [-0.2, 0) is 60.1 Å². The molecule has 17 atom stereocenters. The van der Waals surface area contributed by atoms with Crippen molar-refractivity contribution in [2.75, 3.05) is 13.7 Å². The molecule has 8 heterocycles. The average molecular weight is 1320 g/mol. The van der Waals surface area contributed by atoms with E-state index in [2.05, 4.69) is 189 Å². The van der Waals surface area contributed by atoms with Crippen LogP contribution in [0.5, 0.6) is 0 Å². The molecule has 0 unspecified atom stereocenters. The van der Waals surface area contributed by atoms with Gasteiger partial charge in [-0.05, 0) is 159 Å². The van der Waals surface area contributed by atoms with Crippen LogP contribution < -0.4 is 0 Å². The van der Waals surface area contributed by atoms with Crippen molar-refractivity contribution >= 4 is 53.2 Å². The van der Waals surface area contributed by atoms with Crippen molar-refractivity contribution in [1.29, 1.82) is 0 Å². The number of hydrogen-bond acceptors (Lipinski definition) is 13. The minimum absolute atomic E-state index is 0.0171. The van der Waals surface area contributed by atoms with Crippen molar-refractivity contribution in [2.24, 2.45) is 11.8 Å². The van der Waals surface area contributed by atoms with Gasteiger partial charge in [0.1, 0.15) is 30.2 Å². The van der Waals surface area contributed by atoms with Gasteiger partial charge >= 0.3 is 0 Å². The van der Waals surface area contributed by atoms with E-state index >= 15 is 4.79 Å². The minimum atomic E-state index is -2.60. The summed E-state index contributed by atoms with van der Waals surface area (Å²) in [4.78, 5) is 29.7. The third-order valence-corrected chi connectivity index (χ3v) is 46.0. The Labute approximate surface area is 542 Å². The van der Waals surface area contributed by atoms with Crippen LogP contribution in [0.15, 0.2) is 36.5 Å². The molecule has 0 saturated carbocycles. The molecule has 18 heteroatoms. The van der Waals surface area contributed by atoms with Crippen LogP contribution in [-0.4, -0.2) is 158 Å². The van der Waals surface area contributed by atoms with Crippen molar-refractivity contribution in [2.45, 2.75) is 370 Å². The summed E-state index contributed by atoms with van der Waals surface area (Å²) < 4.78 is 80.3. The van der Waals surface area contributed by atoms with Crippen molar-refractivity contribution in [1.82, 2.24) is 0 Å². The Kier molecular flexibility index (Phi) is 24.7. The molecule has 0 aromatic heterocycles. The highest BCUT2D eigenvalue weighted by Crippen LogP contribution is 2.50. The maximum atomic E-state index is 15.4. The maximum Gasteiger partial charge on any atom is 0.193 e. The zero-order valence-corrected chi connectivity index (χ0v) is 65.9. The lowest BCUT2D eigenvalue weighted by molar-refractivity contribution is -0.266. The number of rotatable bonds is 14. The van der Waals surface area contributed by atoms with Crippen molar-refractivity contribution < 1.29 is 60.1 Å². The standard InChI is InChI=1S/C70H130O13Si5/c1-45-38-51-33-36-55-46(2)39-50(75-55)32-30-48(71)31-35-57(81-86(24,25)68(10,11)12)63-65(83-88(28,29)70(16,17)18)64(82-87(26,27)69(13,14)15)62-56(79-63)37-34-52(77-62)40-49(72)41-54-59(43-58(76-51)47(45)3)78-60(61(54)73-19)42-53(80-85(22,23)67(7,8)9)44-74-84(20,21)66(4,5)6/h31,35,45,50-65H,2-3,30,32-34,36-44H2,1,4-29H3/b35-31+/t45-,50+,51+,52-,53+,54+,55+,56+,57+,58+,59+,60-,61-,62+,63+,64+,65-/m1/s1. The molecule has 0 aromatic carbocycles. The van der Waals surface area contributed by atoms with Crippen LogP contribution in [0, 0.1) is 11.8 Å².